The molecule has 0 bridgehead atoms. The first-order chi connectivity index (χ1) is 27.7. The third-order valence-corrected chi connectivity index (χ3v) is 11.8. The van der Waals surface area contributed by atoms with Crippen LogP contribution >= 0.6 is 11.3 Å². The van der Waals surface area contributed by atoms with E-state index in [-0.39, 0.29) is 0 Å². The van der Waals surface area contributed by atoms with E-state index in [0.717, 1.165) is 72.3 Å². The Morgan fingerprint density at radius 2 is 0.911 bits per heavy atom. The fraction of sp³-hybridized carbons (Fsp3) is 0. The van der Waals surface area contributed by atoms with Gasteiger partial charge in [-0.25, -0.2) is 9.97 Å². The average Bonchev–Trinajstić information content (AvgIpc) is 3.84. The molecule has 0 spiro atoms. The molecule has 0 saturated carbocycles. The smallest absolute Gasteiger partial charge is 0.160 e. The Bertz CT molecular complexity index is 3190. The van der Waals surface area contributed by atoms with E-state index < -0.39 is 0 Å². The molecule has 262 valence electrons. The monoisotopic (exact) mass is 732 g/mol. The maximum atomic E-state index is 6.24. The highest BCUT2D eigenvalue weighted by atomic mass is 32.1. The highest BCUT2D eigenvalue weighted by molar-refractivity contribution is 7.25. The van der Waals surface area contributed by atoms with Crippen molar-refractivity contribution in [2.45, 2.75) is 0 Å². The van der Waals surface area contributed by atoms with Gasteiger partial charge in [-0.1, -0.05) is 140 Å². The molecule has 0 fully saturated rings. The van der Waals surface area contributed by atoms with Gasteiger partial charge in [0, 0.05) is 47.6 Å². The molecule has 0 unspecified atom stereocenters. The quantitative estimate of drug-likeness (QED) is 0.171. The second-order valence-electron chi connectivity index (χ2n) is 14.2. The van der Waals surface area contributed by atoms with Gasteiger partial charge in [0.25, 0.3) is 0 Å². The lowest BCUT2D eigenvalue weighted by Crippen LogP contribution is -1.96. The van der Waals surface area contributed by atoms with Gasteiger partial charge in [0.15, 0.2) is 5.82 Å². The molecule has 3 nitrogen and oxygen atoms in total. The highest BCUT2D eigenvalue weighted by Crippen LogP contribution is 2.42. The molecule has 0 atom stereocenters. The Kier molecular flexibility index (Phi) is 7.68. The predicted molar refractivity (Wildman–Crippen MR) is 235 cm³/mol. The second-order valence-corrected chi connectivity index (χ2v) is 15.2. The number of nitrogens with zero attached hydrogens (tertiary/aromatic N) is 2. The minimum absolute atomic E-state index is 0.692. The summed E-state index contributed by atoms with van der Waals surface area (Å²) in [6.45, 7) is 0. The zero-order valence-corrected chi connectivity index (χ0v) is 31.0. The van der Waals surface area contributed by atoms with Crippen molar-refractivity contribution < 1.29 is 4.42 Å². The van der Waals surface area contributed by atoms with Crippen LogP contribution in [0.5, 0.6) is 0 Å². The standard InChI is InChI=1S/C52H32N2OS/c1-3-13-33(14-4-1)46-32-47(54-52(53-46)34-15-5-2-6-16-34)39-28-37(35-24-26-49-45(30-35)42-19-9-11-21-48(42)55-49)27-38(29-39)41-18-8-7-17-40(41)36-23-25-44-43-20-10-12-22-50(43)56-51(44)31-36/h1-32H. The van der Waals surface area contributed by atoms with Gasteiger partial charge in [0.1, 0.15) is 11.2 Å². The molecule has 11 aromatic rings. The molecule has 0 N–H and O–H groups in total. The summed E-state index contributed by atoms with van der Waals surface area (Å²) in [5.74, 6) is 0.692. The van der Waals surface area contributed by atoms with Crippen LogP contribution in [-0.2, 0) is 0 Å². The first kappa shape index (κ1) is 32.3. The molecule has 3 aromatic heterocycles. The number of thiophene rings is 1. The molecular weight excluding hydrogens is 701 g/mol. The van der Waals surface area contributed by atoms with Crippen molar-refractivity contribution in [1.29, 1.82) is 0 Å². The van der Waals surface area contributed by atoms with Crippen LogP contribution in [0.4, 0.5) is 0 Å². The molecule has 0 amide bonds. The van der Waals surface area contributed by atoms with Crippen molar-refractivity contribution in [1.82, 2.24) is 9.97 Å². The first-order valence-corrected chi connectivity index (χ1v) is 19.6. The van der Waals surface area contributed by atoms with E-state index in [0.29, 0.717) is 5.82 Å². The maximum absolute atomic E-state index is 6.24. The molecule has 56 heavy (non-hydrogen) atoms. The van der Waals surface area contributed by atoms with Gasteiger partial charge in [0.05, 0.1) is 11.4 Å². The summed E-state index contributed by atoms with van der Waals surface area (Å²) in [5.41, 5.74) is 13.4. The summed E-state index contributed by atoms with van der Waals surface area (Å²) in [5, 5.41) is 4.81. The average molecular weight is 733 g/mol. The van der Waals surface area contributed by atoms with E-state index in [1.54, 1.807) is 0 Å². The van der Waals surface area contributed by atoms with Crippen LogP contribution in [0.15, 0.2) is 199 Å². The molecule has 0 radical (unpaired) electrons. The van der Waals surface area contributed by atoms with Crippen LogP contribution in [0.3, 0.4) is 0 Å². The lowest BCUT2D eigenvalue weighted by Gasteiger charge is -2.15. The summed E-state index contributed by atoms with van der Waals surface area (Å²) in [6, 6.07) is 68.7. The Hall–Kier alpha value is -7.14. The normalized spacial score (nSPS) is 11.6. The number of rotatable bonds is 6. The third kappa shape index (κ3) is 5.67. The van der Waals surface area contributed by atoms with Crippen molar-refractivity contribution in [3.8, 4) is 67.3 Å². The van der Waals surface area contributed by atoms with Crippen molar-refractivity contribution >= 4 is 53.4 Å². The molecule has 3 heterocycles. The van der Waals surface area contributed by atoms with Crippen LogP contribution in [0.2, 0.25) is 0 Å². The molecule has 0 aliphatic heterocycles. The van der Waals surface area contributed by atoms with Crippen molar-refractivity contribution in [3.05, 3.63) is 194 Å². The summed E-state index contributed by atoms with van der Waals surface area (Å²) in [6.07, 6.45) is 0. The van der Waals surface area contributed by atoms with Crippen LogP contribution in [0.1, 0.15) is 0 Å². The fourth-order valence-corrected chi connectivity index (χ4v) is 9.10. The van der Waals surface area contributed by atoms with E-state index in [4.69, 9.17) is 14.4 Å². The van der Waals surface area contributed by atoms with E-state index in [2.05, 4.69) is 158 Å². The SMILES string of the molecule is c1ccc(-c2cc(-c3cc(-c4ccc5oc6ccccc6c5c4)cc(-c4ccccc4-c4ccc5c(c4)sc4ccccc45)c3)nc(-c3ccccc3)n2)cc1. The number of aromatic nitrogens is 2. The number of hydrogen-bond acceptors (Lipinski definition) is 4. The predicted octanol–water partition coefficient (Wildman–Crippen LogP) is 14.7. The second kappa shape index (κ2) is 13.3. The van der Waals surface area contributed by atoms with Gasteiger partial charge >= 0.3 is 0 Å². The van der Waals surface area contributed by atoms with Crippen LogP contribution < -0.4 is 0 Å². The minimum Gasteiger partial charge on any atom is -0.456 e. The van der Waals surface area contributed by atoms with Gasteiger partial charge in [0.2, 0.25) is 0 Å². The van der Waals surface area contributed by atoms with Crippen molar-refractivity contribution in [3.63, 3.8) is 0 Å². The molecule has 0 aliphatic carbocycles. The topological polar surface area (TPSA) is 38.9 Å². The van der Waals surface area contributed by atoms with E-state index in [9.17, 15) is 0 Å². The number of para-hydroxylation sites is 1. The summed E-state index contributed by atoms with van der Waals surface area (Å²) >= 11 is 1.85. The van der Waals surface area contributed by atoms with Gasteiger partial charge in [-0.15, -0.1) is 11.3 Å². The first-order valence-electron chi connectivity index (χ1n) is 18.8. The molecule has 0 aliphatic rings. The Labute approximate surface area is 327 Å². The number of furan rings is 1. The Morgan fingerprint density at radius 3 is 1.73 bits per heavy atom. The largest absolute Gasteiger partial charge is 0.456 e. The highest BCUT2D eigenvalue weighted by Gasteiger charge is 2.17. The summed E-state index contributed by atoms with van der Waals surface area (Å²) < 4.78 is 8.83. The minimum atomic E-state index is 0.692. The molecule has 8 aromatic carbocycles. The Balaban J connectivity index is 1.14. The number of fused-ring (bicyclic) bond motifs is 6. The number of benzene rings is 8. The molecular formula is C52H32N2OS. The molecule has 11 rings (SSSR count). The Morgan fingerprint density at radius 1 is 0.321 bits per heavy atom. The molecule has 4 heteroatoms. The van der Waals surface area contributed by atoms with Crippen molar-refractivity contribution in [2.24, 2.45) is 0 Å². The van der Waals surface area contributed by atoms with Crippen LogP contribution in [0, 0.1) is 0 Å². The van der Waals surface area contributed by atoms with Gasteiger partial charge < -0.3 is 4.42 Å². The van der Waals surface area contributed by atoms with E-state index in [1.165, 1.54) is 31.3 Å². The zero-order valence-electron chi connectivity index (χ0n) is 30.2. The number of hydrogen-bond donors (Lipinski definition) is 0. The summed E-state index contributed by atoms with van der Waals surface area (Å²) in [4.78, 5) is 10.4. The van der Waals surface area contributed by atoms with E-state index in [1.807, 2.05) is 47.7 Å². The van der Waals surface area contributed by atoms with Gasteiger partial charge in [-0.2, -0.15) is 0 Å². The van der Waals surface area contributed by atoms with Crippen molar-refractivity contribution in [2.75, 3.05) is 0 Å². The zero-order chi connectivity index (χ0) is 37.0. The van der Waals surface area contributed by atoms with Gasteiger partial charge in [-0.05, 0) is 88.0 Å². The van der Waals surface area contributed by atoms with Crippen LogP contribution in [-0.4, -0.2) is 9.97 Å². The third-order valence-electron chi connectivity index (χ3n) is 10.7. The fourth-order valence-electron chi connectivity index (χ4n) is 7.95. The maximum Gasteiger partial charge on any atom is 0.160 e. The van der Waals surface area contributed by atoms with Gasteiger partial charge in [-0.3, -0.25) is 0 Å². The summed E-state index contributed by atoms with van der Waals surface area (Å²) in [7, 11) is 0. The molecule has 0 saturated heterocycles. The lowest BCUT2D eigenvalue weighted by atomic mass is 9.90. The van der Waals surface area contributed by atoms with Crippen LogP contribution in [0.25, 0.3) is 109 Å². The lowest BCUT2D eigenvalue weighted by molar-refractivity contribution is 0.669. The van der Waals surface area contributed by atoms with E-state index >= 15 is 0 Å².